The van der Waals surface area contributed by atoms with E-state index in [4.69, 9.17) is 9.47 Å². The molecule has 0 amide bonds. The Morgan fingerprint density at radius 1 is 1.15 bits per heavy atom. The van der Waals surface area contributed by atoms with Crippen molar-refractivity contribution in [3.05, 3.63) is 41.6 Å². The first-order chi connectivity index (χ1) is 13.0. The van der Waals surface area contributed by atoms with Gasteiger partial charge in [0.05, 0.1) is 5.56 Å². The fourth-order valence-electron chi connectivity index (χ4n) is 3.00. The van der Waals surface area contributed by atoms with Crippen molar-refractivity contribution < 1.29 is 29.6 Å². The summed E-state index contributed by atoms with van der Waals surface area (Å²) >= 11 is 0. The number of nitrogens with one attached hydrogen (secondary N) is 1. The molecule has 3 aromatic rings. The van der Waals surface area contributed by atoms with E-state index in [9.17, 15) is 20.1 Å². The van der Waals surface area contributed by atoms with Gasteiger partial charge in [0, 0.05) is 11.6 Å². The van der Waals surface area contributed by atoms with Gasteiger partial charge in [-0.2, -0.15) is 0 Å². The summed E-state index contributed by atoms with van der Waals surface area (Å²) in [6.45, 7) is 1.97. The summed E-state index contributed by atoms with van der Waals surface area (Å²) in [5, 5.41) is 29.6. The number of benzene rings is 2. The molecule has 0 saturated carbocycles. The zero-order valence-electron chi connectivity index (χ0n) is 14.3. The molecule has 1 aliphatic rings. The standard InChI is InChI=1S/C19H16N2O6/c1-2-9-5-11(13(23)7-12(9)22)18-20-16(17(21-18)19(24)25)10-3-4-14-15(6-10)27-8-26-14/h3-7,22-23H,2,8H2,1H3,(H,20,21)(H,24,25). The number of carboxylic acid groups (broad SMARTS) is 1. The highest BCUT2D eigenvalue weighted by molar-refractivity contribution is 5.94. The maximum Gasteiger partial charge on any atom is 0.354 e. The molecule has 0 atom stereocenters. The largest absolute Gasteiger partial charge is 0.508 e. The molecule has 0 saturated heterocycles. The normalized spacial score (nSPS) is 12.3. The number of fused-ring (bicyclic) bond motifs is 1. The molecule has 27 heavy (non-hydrogen) atoms. The topological polar surface area (TPSA) is 125 Å². The lowest BCUT2D eigenvalue weighted by atomic mass is 10.1. The van der Waals surface area contributed by atoms with Crippen LogP contribution in [0.3, 0.4) is 0 Å². The minimum atomic E-state index is -1.18. The summed E-state index contributed by atoms with van der Waals surface area (Å²) in [6, 6.07) is 7.83. The lowest BCUT2D eigenvalue weighted by molar-refractivity contribution is 0.0692. The Kier molecular flexibility index (Phi) is 3.88. The number of phenolic OH excluding ortho intramolecular Hbond substituents is 2. The van der Waals surface area contributed by atoms with Gasteiger partial charge in [0.15, 0.2) is 17.2 Å². The average molecular weight is 368 g/mol. The number of aromatic amines is 1. The highest BCUT2D eigenvalue weighted by Gasteiger charge is 2.23. The molecule has 2 heterocycles. The number of carbonyl (C=O) groups is 1. The summed E-state index contributed by atoms with van der Waals surface area (Å²) in [5.41, 5.74) is 1.55. The van der Waals surface area contributed by atoms with Crippen molar-refractivity contribution in [1.82, 2.24) is 9.97 Å². The van der Waals surface area contributed by atoms with Gasteiger partial charge in [-0.15, -0.1) is 0 Å². The van der Waals surface area contributed by atoms with Crippen LogP contribution in [0.25, 0.3) is 22.6 Å². The Morgan fingerprint density at radius 2 is 1.93 bits per heavy atom. The molecule has 1 aliphatic heterocycles. The fourth-order valence-corrected chi connectivity index (χ4v) is 3.00. The average Bonchev–Trinajstić information content (AvgIpc) is 3.28. The number of phenols is 2. The zero-order valence-corrected chi connectivity index (χ0v) is 14.3. The van der Waals surface area contributed by atoms with Crippen molar-refractivity contribution in [2.75, 3.05) is 6.79 Å². The van der Waals surface area contributed by atoms with Crippen LogP contribution in [-0.4, -0.2) is 38.0 Å². The number of aromatic nitrogens is 2. The molecular formula is C19H16N2O6. The third-order valence-electron chi connectivity index (χ3n) is 4.40. The van der Waals surface area contributed by atoms with E-state index in [2.05, 4.69) is 9.97 Å². The lowest BCUT2D eigenvalue weighted by Crippen LogP contribution is -1.99. The first kappa shape index (κ1) is 16.8. The van der Waals surface area contributed by atoms with E-state index in [1.165, 1.54) is 6.07 Å². The molecule has 0 radical (unpaired) electrons. The van der Waals surface area contributed by atoms with E-state index in [1.54, 1.807) is 24.3 Å². The van der Waals surface area contributed by atoms with Crippen LogP contribution in [0.5, 0.6) is 23.0 Å². The number of ether oxygens (including phenoxy) is 2. The molecule has 0 spiro atoms. The number of aromatic carboxylic acids is 1. The summed E-state index contributed by atoms with van der Waals surface area (Å²) in [4.78, 5) is 18.8. The molecule has 0 aliphatic carbocycles. The first-order valence-electron chi connectivity index (χ1n) is 8.26. The lowest BCUT2D eigenvalue weighted by Gasteiger charge is -2.07. The number of imidazole rings is 1. The number of hydrogen-bond donors (Lipinski definition) is 4. The third-order valence-corrected chi connectivity index (χ3v) is 4.40. The number of aryl methyl sites for hydroxylation is 1. The Morgan fingerprint density at radius 3 is 2.67 bits per heavy atom. The fraction of sp³-hybridized carbons (Fsp3) is 0.158. The SMILES string of the molecule is CCc1cc(-c2nc(-c3ccc4c(c3)OCO4)c(C(=O)O)[nH]2)c(O)cc1O. The monoisotopic (exact) mass is 368 g/mol. The number of nitrogens with zero attached hydrogens (tertiary/aromatic N) is 1. The number of H-pyrrole nitrogens is 1. The summed E-state index contributed by atoms with van der Waals surface area (Å²) in [5.74, 6) is -0.139. The van der Waals surface area contributed by atoms with Gasteiger partial charge >= 0.3 is 5.97 Å². The van der Waals surface area contributed by atoms with Crippen molar-refractivity contribution >= 4 is 5.97 Å². The van der Waals surface area contributed by atoms with Crippen LogP contribution in [0, 0.1) is 0 Å². The van der Waals surface area contributed by atoms with E-state index in [0.29, 0.717) is 34.6 Å². The molecule has 2 aromatic carbocycles. The maximum atomic E-state index is 11.7. The van der Waals surface area contributed by atoms with Crippen molar-refractivity contribution in [3.8, 4) is 45.6 Å². The van der Waals surface area contributed by atoms with Crippen molar-refractivity contribution in [3.63, 3.8) is 0 Å². The maximum absolute atomic E-state index is 11.7. The Labute approximate surface area is 153 Å². The minimum absolute atomic E-state index is 0.0280. The highest BCUT2D eigenvalue weighted by Crippen LogP contribution is 2.39. The van der Waals surface area contributed by atoms with Gasteiger partial charge in [-0.1, -0.05) is 6.92 Å². The van der Waals surface area contributed by atoms with Crippen LogP contribution in [0.1, 0.15) is 23.0 Å². The van der Waals surface area contributed by atoms with Crippen molar-refractivity contribution in [2.45, 2.75) is 13.3 Å². The van der Waals surface area contributed by atoms with E-state index < -0.39 is 5.97 Å². The van der Waals surface area contributed by atoms with Crippen molar-refractivity contribution in [2.24, 2.45) is 0 Å². The van der Waals surface area contributed by atoms with Crippen LogP contribution >= 0.6 is 0 Å². The predicted molar refractivity (Wildman–Crippen MR) is 95.2 cm³/mol. The highest BCUT2D eigenvalue weighted by atomic mass is 16.7. The zero-order chi connectivity index (χ0) is 19.1. The molecule has 8 heteroatoms. The molecule has 8 nitrogen and oxygen atoms in total. The van der Waals surface area contributed by atoms with Crippen LogP contribution in [-0.2, 0) is 6.42 Å². The van der Waals surface area contributed by atoms with E-state index in [-0.39, 0.29) is 35.5 Å². The second-order valence-electron chi connectivity index (χ2n) is 6.03. The molecule has 0 bridgehead atoms. The molecule has 0 fully saturated rings. The Balaban J connectivity index is 1.86. The molecule has 4 rings (SSSR count). The van der Waals surface area contributed by atoms with Gasteiger partial charge in [-0.25, -0.2) is 9.78 Å². The molecule has 138 valence electrons. The smallest absolute Gasteiger partial charge is 0.354 e. The number of carboxylic acids is 1. The minimum Gasteiger partial charge on any atom is -0.508 e. The van der Waals surface area contributed by atoms with Crippen LogP contribution < -0.4 is 9.47 Å². The van der Waals surface area contributed by atoms with Crippen LogP contribution in [0.2, 0.25) is 0 Å². The summed E-state index contributed by atoms with van der Waals surface area (Å²) in [7, 11) is 0. The van der Waals surface area contributed by atoms with Crippen molar-refractivity contribution in [1.29, 1.82) is 0 Å². The third kappa shape index (κ3) is 2.80. The summed E-state index contributed by atoms with van der Waals surface area (Å²) < 4.78 is 10.6. The van der Waals surface area contributed by atoms with Crippen LogP contribution in [0.15, 0.2) is 30.3 Å². The molecule has 0 unspecified atom stereocenters. The van der Waals surface area contributed by atoms with Gasteiger partial charge in [0.1, 0.15) is 23.0 Å². The van der Waals surface area contributed by atoms with Crippen LogP contribution in [0.4, 0.5) is 0 Å². The predicted octanol–water partition coefficient (Wildman–Crippen LogP) is 3.14. The first-order valence-corrected chi connectivity index (χ1v) is 8.26. The number of aromatic hydroxyl groups is 2. The Bertz CT molecular complexity index is 1060. The number of rotatable bonds is 4. The van der Waals surface area contributed by atoms with E-state index in [1.807, 2.05) is 6.92 Å². The van der Waals surface area contributed by atoms with E-state index >= 15 is 0 Å². The van der Waals surface area contributed by atoms with Gasteiger partial charge < -0.3 is 29.8 Å². The molecular weight excluding hydrogens is 352 g/mol. The number of hydrogen-bond acceptors (Lipinski definition) is 6. The summed E-state index contributed by atoms with van der Waals surface area (Å²) in [6.07, 6.45) is 0.542. The second kappa shape index (κ2) is 6.24. The molecule has 4 N–H and O–H groups in total. The van der Waals surface area contributed by atoms with Gasteiger partial charge in [-0.3, -0.25) is 0 Å². The van der Waals surface area contributed by atoms with Gasteiger partial charge in [0.25, 0.3) is 0 Å². The quantitative estimate of drug-likeness (QED) is 0.557. The van der Waals surface area contributed by atoms with E-state index in [0.717, 1.165) is 0 Å². The second-order valence-corrected chi connectivity index (χ2v) is 6.03. The molecule has 1 aromatic heterocycles. The Hall–Kier alpha value is -3.68. The van der Waals surface area contributed by atoms with Gasteiger partial charge in [0.2, 0.25) is 6.79 Å². The van der Waals surface area contributed by atoms with Gasteiger partial charge in [-0.05, 0) is 36.2 Å².